The van der Waals surface area contributed by atoms with Crippen LogP contribution in [0.3, 0.4) is 0 Å². The van der Waals surface area contributed by atoms with E-state index in [0.29, 0.717) is 22.9 Å². The molecule has 0 aromatic heterocycles. The zero-order valence-electron chi connectivity index (χ0n) is 12.3. The lowest BCUT2D eigenvalue weighted by Gasteiger charge is -2.11. The van der Waals surface area contributed by atoms with Gasteiger partial charge >= 0.3 is 0 Å². The molecule has 1 aromatic carbocycles. The molecule has 0 bridgehead atoms. The average molecular weight is 311 g/mol. The van der Waals surface area contributed by atoms with Gasteiger partial charge in [-0.05, 0) is 38.5 Å². The number of halogens is 1. The second kappa shape index (κ2) is 6.35. The molecule has 1 aliphatic carbocycles. The van der Waals surface area contributed by atoms with Crippen molar-refractivity contribution in [2.45, 2.75) is 26.3 Å². The van der Waals surface area contributed by atoms with E-state index < -0.39 is 0 Å². The van der Waals surface area contributed by atoms with Crippen molar-refractivity contribution in [2.75, 3.05) is 12.4 Å². The standard InChI is InChI=1S/C15H19ClN2O3/c1-8(2)17-14(19)10-7-11(10)15(20)18-12-6-9(16)4-5-13(12)21-3/h4-6,8,10-11H,7H2,1-3H3,(H,17,19)(H,18,20). The third kappa shape index (κ3) is 3.88. The first kappa shape index (κ1) is 15.6. The Labute approximate surface area is 129 Å². The molecule has 114 valence electrons. The number of methoxy groups -OCH3 is 1. The SMILES string of the molecule is COc1ccc(Cl)cc1NC(=O)C1CC1C(=O)NC(C)C. The van der Waals surface area contributed by atoms with Gasteiger partial charge in [-0.2, -0.15) is 0 Å². The van der Waals surface area contributed by atoms with Gasteiger partial charge in [-0.25, -0.2) is 0 Å². The summed E-state index contributed by atoms with van der Waals surface area (Å²) in [6.07, 6.45) is 0.577. The van der Waals surface area contributed by atoms with Crippen LogP contribution in [0.25, 0.3) is 0 Å². The Balaban J connectivity index is 1.98. The average Bonchev–Trinajstić information content (AvgIpc) is 3.18. The first-order chi connectivity index (χ1) is 9.92. The highest BCUT2D eigenvalue weighted by atomic mass is 35.5. The fraction of sp³-hybridized carbons (Fsp3) is 0.467. The van der Waals surface area contributed by atoms with Crippen LogP contribution in [0, 0.1) is 11.8 Å². The number of rotatable bonds is 5. The Kier molecular flexibility index (Phi) is 4.73. The summed E-state index contributed by atoms with van der Waals surface area (Å²) in [5.41, 5.74) is 0.518. The van der Waals surface area contributed by atoms with Gasteiger partial charge in [0.25, 0.3) is 0 Å². The monoisotopic (exact) mass is 310 g/mol. The van der Waals surface area contributed by atoms with E-state index in [1.165, 1.54) is 7.11 Å². The van der Waals surface area contributed by atoms with Gasteiger partial charge in [0.15, 0.2) is 0 Å². The van der Waals surface area contributed by atoms with E-state index >= 15 is 0 Å². The number of hydrogen-bond donors (Lipinski definition) is 2. The van der Waals surface area contributed by atoms with E-state index in [0.717, 1.165) is 0 Å². The third-order valence-electron chi connectivity index (χ3n) is 3.31. The van der Waals surface area contributed by atoms with E-state index in [2.05, 4.69) is 10.6 Å². The number of ether oxygens (including phenoxy) is 1. The molecular weight excluding hydrogens is 292 g/mol. The Bertz CT molecular complexity index is 560. The van der Waals surface area contributed by atoms with Crippen molar-refractivity contribution in [1.29, 1.82) is 0 Å². The number of benzene rings is 1. The lowest BCUT2D eigenvalue weighted by atomic mass is 10.2. The summed E-state index contributed by atoms with van der Waals surface area (Å²) in [5, 5.41) is 6.10. The predicted molar refractivity (Wildman–Crippen MR) is 81.5 cm³/mol. The fourth-order valence-corrected chi connectivity index (χ4v) is 2.34. The van der Waals surface area contributed by atoms with E-state index in [-0.39, 0.29) is 29.7 Å². The maximum Gasteiger partial charge on any atom is 0.228 e. The van der Waals surface area contributed by atoms with Crippen molar-refractivity contribution in [3.8, 4) is 5.75 Å². The molecule has 21 heavy (non-hydrogen) atoms. The predicted octanol–water partition coefficient (Wildman–Crippen LogP) is 2.45. The van der Waals surface area contributed by atoms with Crippen molar-refractivity contribution >= 4 is 29.1 Å². The van der Waals surface area contributed by atoms with Gasteiger partial charge in [-0.3, -0.25) is 9.59 Å². The van der Waals surface area contributed by atoms with Gasteiger partial charge in [0.1, 0.15) is 5.75 Å². The summed E-state index contributed by atoms with van der Waals surface area (Å²) in [5.74, 6) is -0.232. The largest absolute Gasteiger partial charge is 0.495 e. The molecule has 5 nitrogen and oxygen atoms in total. The number of anilines is 1. The lowest BCUT2D eigenvalue weighted by molar-refractivity contribution is -0.125. The van der Waals surface area contributed by atoms with Gasteiger partial charge in [-0.15, -0.1) is 0 Å². The topological polar surface area (TPSA) is 67.4 Å². The Morgan fingerprint density at radius 1 is 1.29 bits per heavy atom. The first-order valence-corrected chi connectivity index (χ1v) is 7.25. The quantitative estimate of drug-likeness (QED) is 0.878. The van der Waals surface area contributed by atoms with Crippen molar-refractivity contribution in [3.63, 3.8) is 0 Å². The van der Waals surface area contributed by atoms with Crippen LogP contribution in [0.1, 0.15) is 20.3 Å². The van der Waals surface area contributed by atoms with Gasteiger partial charge in [0.05, 0.1) is 24.6 Å². The maximum absolute atomic E-state index is 12.2. The maximum atomic E-state index is 12.2. The molecule has 2 rings (SSSR count). The van der Waals surface area contributed by atoms with Crippen LogP contribution in [0.5, 0.6) is 5.75 Å². The minimum atomic E-state index is -0.285. The lowest BCUT2D eigenvalue weighted by Crippen LogP contribution is -2.32. The molecule has 2 amide bonds. The molecule has 2 unspecified atom stereocenters. The van der Waals surface area contributed by atoms with Crippen LogP contribution >= 0.6 is 11.6 Å². The molecule has 2 atom stereocenters. The number of carbonyl (C=O) groups is 2. The van der Waals surface area contributed by atoms with Crippen molar-refractivity contribution in [3.05, 3.63) is 23.2 Å². The normalized spacial score (nSPS) is 20.0. The van der Waals surface area contributed by atoms with Crippen LogP contribution in [-0.2, 0) is 9.59 Å². The zero-order valence-corrected chi connectivity index (χ0v) is 13.0. The Morgan fingerprint density at radius 3 is 2.57 bits per heavy atom. The number of amides is 2. The highest BCUT2D eigenvalue weighted by molar-refractivity contribution is 6.31. The minimum Gasteiger partial charge on any atom is -0.495 e. The van der Waals surface area contributed by atoms with Gasteiger partial charge < -0.3 is 15.4 Å². The van der Waals surface area contributed by atoms with Crippen LogP contribution in [-0.4, -0.2) is 25.0 Å². The summed E-state index contributed by atoms with van der Waals surface area (Å²) in [6, 6.07) is 5.08. The summed E-state index contributed by atoms with van der Waals surface area (Å²) >= 11 is 5.92. The highest BCUT2D eigenvalue weighted by Gasteiger charge is 2.48. The van der Waals surface area contributed by atoms with Gasteiger partial charge in [0.2, 0.25) is 11.8 Å². The molecule has 1 fully saturated rings. The van der Waals surface area contributed by atoms with Crippen molar-refractivity contribution in [1.82, 2.24) is 5.32 Å². The van der Waals surface area contributed by atoms with Gasteiger partial charge in [0, 0.05) is 11.1 Å². The summed E-state index contributed by atoms with van der Waals surface area (Å²) < 4.78 is 5.18. The van der Waals surface area contributed by atoms with E-state index in [9.17, 15) is 9.59 Å². The van der Waals surface area contributed by atoms with E-state index in [1.54, 1.807) is 18.2 Å². The Morgan fingerprint density at radius 2 is 1.95 bits per heavy atom. The second-order valence-electron chi connectivity index (χ2n) is 5.45. The summed E-state index contributed by atoms with van der Waals surface area (Å²) in [6.45, 7) is 3.79. The molecular formula is C15H19ClN2O3. The molecule has 0 heterocycles. The number of carbonyl (C=O) groups excluding carboxylic acids is 2. The van der Waals surface area contributed by atoms with Crippen LogP contribution in [0.15, 0.2) is 18.2 Å². The van der Waals surface area contributed by atoms with E-state index in [1.807, 2.05) is 13.8 Å². The summed E-state index contributed by atoms with van der Waals surface area (Å²) in [4.78, 5) is 24.0. The minimum absolute atomic E-state index is 0.0665. The molecule has 1 aliphatic rings. The molecule has 0 spiro atoms. The van der Waals surface area contributed by atoms with Crippen molar-refractivity contribution in [2.24, 2.45) is 11.8 Å². The number of nitrogens with one attached hydrogen (secondary N) is 2. The smallest absolute Gasteiger partial charge is 0.228 e. The molecule has 0 radical (unpaired) electrons. The van der Waals surface area contributed by atoms with Crippen LogP contribution in [0.2, 0.25) is 5.02 Å². The molecule has 1 saturated carbocycles. The van der Waals surface area contributed by atoms with Crippen LogP contribution < -0.4 is 15.4 Å². The fourth-order valence-electron chi connectivity index (χ4n) is 2.17. The van der Waals surface area contributed by atoms with Crippen molar-refractivity contribution < 1.29 is 14.3 Å². The van der Waals surface area contributed by atoms with Crippen LogP contribution in [0.4, 0.5) is 5.69 Å². The Hall–Kier alpha value is -1.75. The molecule has 6 heteroatoms. The summed E-state index contributed by atoms with van der Waals surface area (Å²) in [7, 11) is 1.52. The van der Waals surface area contributed by atoms with Gasteiger partial charge in [-0.1, -0.05) is 11.6 Å². The molecule has 0 saturated heterocycles. The number of hydrogen-bond acceptors (Lipinski definition) is 3. The zero-order chi connectivity index (χ0) is 15.6. The first-order valence-electron chi connectivity index (χ1n) is 6.87. The van der Waals surface area contributed by atoms with E-state index in [4.69, 9.17) is 16.3 Å². The molecule has 0 aliphatic heterocycles. The second-order valence-corrected chi connectivity index (χ2v) is 5.88. The highest BCUT2D eigenvalue weighted by Crippen LogP contribution is 2.40. The molecule has 1 aromatic rings. The third-order valence-corrected chi connectivity index (χ3v) is 3.55. The molecule has 2 N–H and O–H groups in total.